The van der Waals surface area contributed by atoms with Crippen LogP contribution in [-0.4, -0.2) is 34.2 Å². The Labute approximate surface area is 157 Å². The molecule has 0 spiro atoms. The highest BCUT2D eigenvalue weighted by molar-refractivity contribution is 5.84. The number of aliphatic hydroxyl groups excluding tert-OH is 1. The van der Waals surface area contributed by atoms with E-state index in [0.29, 0.717) is 12.4 Å². The zero-order valence-electron chi connectivity index (χ0n) is 15.1. The van der Waals surface area contributed by atoms with E-state index in [9.17, 15) is 4.79 Å². The van der Waals surface area contributed by atoms with Gasteiger partial charge in [0.05, 0.1) is 13.2 Å². The average molecular weight is 363 g/mol. The Bertz CT molecular complexity index is 935. The van der Waals surface area contributed by atoms with Gasteiger partial charge in [-0.1, -0.05) is 48.5 Å². The molecule has 2 N–H and O–H groups in total. The number of ether oxygens (including phenoxy) is 1. The number of nitrogens with one attached hydrogen (secondary N) is 1. The van der Waals surface area contributed by atoms with Crippen molar-refractivity contribution in [1.29, 1.82) is 0 Å². The van der Waals surface area contributed by atoms with E-state index in [4.69, 9.17) is 9.84 Å². The van der Waals surface area contributed by atoms with Gasteiger partial charge in [-0.3, -0.25) is 10.00 Å². The molecule has 4 rings (SSSR count). The molecule has 0 fully saturated rings. The fourth-order valence-corrected chi connectivity index (χ4v) is 3.59. The molecule has 1 amide bonds. The molecule has 2 aromatic carbocycles. The highest BCUT2D eigenvalue weighted by atomic mass is 16.5. The maximum absolute atomic E-state index is 12.3. The first-order valence-electron chi connectivity index (χ1n) is 8.94. The van der Waals surface area contributed by atoms with Crippen LogP contribution < -0.4 is 5.32 Å². The lowest BCUT2D eigenvalue weighted by atomic mass is 9.98. The molecule has 6 heteroatoms. The second kappa shape index (κ2) is 7.25. The number of fused-ring (bicyclic) bond motifs is 3. The van der Waals surface area contributed by atoms with E-state index in [-0.39, 0.29) is 19.1 Å². The largest absolute Gasteiger partial charge is 0.448 e. The van der Waals surface area contributed by atoms with Crippen molar-refractivity contribution in [2.24, 2.45) is 0 Å². The van der Waals surface area contributed by atoms with Crippen LogP contribution in [-0.2, 0) is 11.3 Å². The molecule has 1 aliphatic rings. The van der Waals surface area contributed by atoms with Crippen molar-refractivity contribution >= 4 is 11.9 Å². The third kappa shape index (κ3) is 3.31. The third-order valence-electron chi connectivity index (χ3n) is 4.84. The van der Waals surface area contributed by atoms with Crippen molar-refractivity contribution in [2.45, 2.75) is 19.4 Å². The van der Waals surface area contributed by atoms with Gasteiger partial charge in [-0.2, -0.15) is 5.10 Å². The SMILES string of the molecule is Cc1cn(CCO)nc1NC(=O)OCC1c2ccccc2-c2ccccc21. The van der Waals surface area contributed by atoms with Crippen molar-refractivity contribution in [1.82, 2.24) is 9.78 Å². The first-order chi connectivity index (χ1) is 13.2. The van der Waals surface area contributed by atoms with E-state index in [1.807, 2.05) is 31.2 Å². The maximum Gasteiger partial charge on any atom is 0.412 e. The zero-order chi connectivity index (χ0) is 18.8. The molecule has 138 valence electrons. The van der Waals surface area contributed by atoms with Crippen molar-refractivity contribution < 1.29 is 14.6 Å². The normalized spacial score (nSPS) is 12.5. The van der Waals surface area contributed by atoms with Gasteiger partial charge in [0.2, 0.25) is 0 Å². The van der Waals surface area contributed by atoms with Crippen LogP contribution in [0.15, 0.2) is 54.7 Å². The molecule has 3 aromatic rings. The molecule has 0 unspecified atom stereocenters. The molecule has 27 heavy (non-hydrogen) atoms. The summed E-state index contributed by atoms with van der Waals surface area (Å²) in [4.78, 5) is 12.3. The first kappa shape index (κ1) is 17.3. The van der Waals surface area contributed by atoms with Crippen LogP contribution in [0.3, 0.4) is 0 Å². The van der Waals surface area contributed by atoms with Gasteiger partial charge in [-0.25, -0.2) is 4.79 Å². The van der Waals surface area contributed by atoms with Crippen molar-refractivity contribution in [3.8, 4) is 11.1 Å². The lowest BCUT2D eigenvalue weighted by Crippen LogP contribution is -2.18. The number of aryl methyl sites for hydroxylation is 1. The summed E-state index contributed by atoms with van der Waals surface area (Å²) in [7, 11) is 0. The molecule has 0 saturated carbocycles. The van der Waals surface area contributed by atoms with Gasteiger partial charge in [0.25, 0.3) is 0 Å². The van der Waals surface area contributed by atoms with Crippen molar-refractivity contribution in [3.63, 3.8) is 0 Å². The lowest BCUT2D eigenvalue weighted by Gasteiger charge is -2.14. The van der Waals surface area contributed by atoms with E-state index in [1.165, 1.54) is 22.3 Å². The minimum atomic E-state index is -0.533. The highest BCUT2D eigenvalue weighted by Crippen LogP contribution is 2.44. The average Bonchev–Trinajstić information content (AvgIpc) is 3.18. The molecule has 0 saturated heterocycles. The van der Waals surface area contributed by atoms with Crippen LogP contribution in [0.25, 0.3) is 11.1 Å². The molecule has 0 atom stereocenters. The summed E-state index contributed by atoms with van der Waals surface area (Å²) >= 11 is 0. The maximum atomic E-state index is 12.3. The molecule has 0 aliphatic heterocycles. The number of carbonyl (C=O) groups excluding carboxylic acids is 1. The minimum absolute atomic E-state index is 0.00843. The summed E-state index contributed by atoms with van der Waals surface area (Å²) in [5, 5.41) is 15.9. The zero-order valence-corrected chi connectivity index (χ0v) is 15.1. The number of hydrogen-bond acceptors (Lipinski definition) is 4. The Hall–Kier alpha value is -3.12. The van der Waals surface area contributed by atoms with E-state index in [2.05, 4.69) is 34.7 Å². The van der Waals surface area contributed by atoms with E-state index in [1.54, 1.807) is 10.9 Å². The minimum Gasteiger partial charge on any atom is -0.448 e. The molecule has 1 aliphatic carbocycles. The Morgan fingerprint density at radius 3 is 2.41 bits per heavy atom. The summed E-state index contributed by atoms with van der Waals surface area (Å²) in [5.74, 6) is 0.469. The van der Waals surface area contributed by atoms with Crippen LogP contribution in [0.4, 0.5) is 10.6 Å². The number of rotatable bonds is 5. The van der Waals surface area contributed by atoms with E-state index in [0.717, 1.165) is 5.56 Å². The Kier molecular flexibility index (Phi) is 4.64. The standard InChI is InChI=1S/C21H21N3O3/c1-14-12-24(10-11-25)23-20(14)22-21(26)27-13-19-17-8-4-2-6-15(17)16-7-3-5-9-18(16)19/h2-9,12,19,25H,10-11,13H2,1H3,(H,22,23,26). The topological polar surface area (TPSA) is 76.4 Å². The molecule has 0 bridgehead atoms. The lowest BCUT2D eigenvalue weighted by molar-refractivity contribution is 0.158. The number of carbonyl (C=O) groups is 1. The fraction of sp³-hybridized carbons (Fsp3) is 0.238. The van der Waals surface area contributed by atoms with Gasteiger partial charge in [0.15, 0.2) is 5.82 Å². The number of nitrogens with zero attached hydrogens (tertiary/aromatic N) is 2. The van der Waals surface area contributed by atoms with Crippen molar-refractivity contribution in [2.75, 3.05) is 18.5 Å². The third-order valence-corrected chi connectivity index (χ3v) is 4.84. The fourth-order valence-electron chi connectivity index (χ4n) is 3.59. The van der Waals surface area contributed by atoms with Gasteiger partial charge in [0, 0.05) is 17.7 Å². The highest BCUT2D eigenvalue weighted by Gasteiger charge is 2.29. The number of hydrogen-bond donors (Lipinski definition) is 2. The summed E-state index contributed by atoms with van der Waals surface area (Å²) < 4.78 is 7.11. The van der Waals surface area contributed by atoms with Gasteiger partial charge >= 0.3 is 6.09 Å². The number of aromatic nitrogens is 2. The van der Waals surface area contributed by atoms with Gasteiger partial charge < -0.3 is 9.84 Å². The summed E-state index contributed by atoms with van der Waals surface area (Å²) in [6, 6.07) is 16.4. The predicted octanol–water partition coefficient (Wildman–Crippen LogP) is 3.54. The van der Waals surface area contributed by atoms with Crippen LogP contribution in [0.2, 0.25) is 0 Å². The Balaban J connectivity index is 1.47. The molecule has 6 nitrogen and oxygen atoms in total. The van der Waals surface area contributed by atoms with Crippen molar-refractivity contribution in [3.05, 3.63) is 71.4 Å². The predicted molar refractivity (Wildman–Crippen MR) is 103 cm³/mol. The summed E-state index contributed by atoms with van der Waals surface area (Å²) in [5.41, 5.74) is 5.56. The van der Waals surface area contributed by atoms with Crippen LogP contribution in [0.5, 0.6) is 0 Å². The second-order valence-electron chi connectivity index (χ2n) is 6.60. The molecule has 1 heterocycles. The quantitative estimate of drug-likeness (QED) is 0.727. The monoisotopic (exact) mass is 363 g/mol. The van der Waals surface area contributed by atoms with Gasteiger partial charge in [-0.05, 0) is 29.2 Å². The second-order valence-corrected chi connectivity index (χ2v) is 6.60. The smallest absolute Gasteiger partial charge is 0.412 e. The number of amides is 1. The Morgan fingerprint density at radius 1 is 1.15 bits per heavy atom. The van der Waals surface area contributed by atoms with E-state index >= 15 is 0 Å². The summed E-state index contributed by atoms with van der Waals surface area (Å²) in [6.45, 7) is 2.48. The van der Waals surface area contributed by atoms with Crippen LogP contribution in [0.1, 0.15) is 22.6 Å². The van der Waals surface area contributed by atoms with Crippen LogP contribution >= 0.6 is 0 Å². The molecule has 0 radical (unpaired) electrons. The molecule has 1 aromatic heterocycles. The summed E-state index contributed by atoms with van der Waals surface area (Å²) in [6.07, 6.45) is 1.24. The number of anilines is 1. The first-order valence-corrected chi connectivity index (χ1v) is 8.94. The number of benzene rings is 2. The van der Waals surface area contributed by atoms with E-state index < -0.39 is 6.09 Å². The number of aliphatic hydroxyl groups is 1. The van der Waals surface area contributed by atoms with Gasteiger partial charge in [0.1, 0.15) is 6.61 Å². The van der Waals surface area contributed by atoms with Gasteiger partial charge in [-0.15, -0.1) is 0 Å². The Morgan fingerprint density at radius 2 is 1.78 bits per heavy atom. The van der Waals surface area contributed by atoms with Crippen LogP contribution in [0, 0.1) is 6.92 Å². The molecular weight excluding hydrogens is 342 g/mol. The molecular formula is C21H21N3O3.